The predicted octanol–water partition coefficient (Wildman–Crippen LogP) is 3.73. The van der Waals surface area contributed by atoms with Gasteiger partial charge < -0.3 is 15.0 Å². The fraction of sp³-hybridized carbons (Fsp3) is 0.423. The molecule has 4 rings (SSSR count). The Morgan fingerprint density at radius 1 is 1.14 bits per heavy atom. The Labute approximate surface area is 216 Å². The molecule has 2 amide bonds. The van der Waals surface area contributed by atoms with Crippen molar-refractivity contribution in [3.8, 4) is 0 Å². The van der Waals surface area contributed by atoms with Crippen molar-refractivity contribution in [2.45, 2.75) is 57.1 Å². The number of amides is 2. The summed E-state index contributed by atoms with van der Waals surface area (Å²) in [5.41, 5.74) is 1.95. The fourth-order valence-electron chi connectivity index (χ4n) is 4.32. The average molecular weight is 530 g/mol. The van der Waals surface area contributed by atoms with Gasteiger partial charge in [0, 0.05) is 17.4 Å². The highest BCUT2D eigenvalue weighted by Gasteiger charge is 2.49. The van der Waals surface area contributed by atoms with Crippen LogP contribution in [0.1, 0.15) is 31.9 Å². The smallest absolute Gasteiger partial charge is 0.408 e. The molecule has 2 heterocycles. The number of carbonyl (C=O) groups is 2. The second kappa shape index (κ2) is 10.3. The van der Waals surface area contributed by atoms with Crippen LogP contribution in [0, 0.1) is 6.92 Å². The van der Waals surface area contributed by atoms with Gasteiger partial charge in [0.15, 0.2) is 15.0 Å². The maximum absolute atomic E-state index is 13.5. The molecule has 0 bridgehead atoms. The third kappa shape index (κ3) is 6.47. The Morgan fingerprint density at radius 3 is 2.53 bits per heavy atom. The SMILES string of the molecule is Cc1cccc(N2C(=NC(=O)[C@H](Cc3ccccc3)NC(=O)OC(C)(C)C)S[C@@H]3CS(=O)(=O)C[C@H]32)c1. The van der Waals surface area contributed by atoms with E-state index in [2.05, 4.69) is 10.3 Å². The topological polar surface area (TPSA) is 105 Å². The Morgan fingerprint density at radius 2 is 1.86 bits per heavy atom. The van der Waals surface area contributed by atoms with E-state index in [1.54, 1.807) is 20.8 Å². The van der Waals surface area contributed by atoms with Crippen LogP contribution in [0.5, 0.6) is 0 Å². The first kappa shape index (κ1) is 26.2. The van der Waals surface area contributed by atoms with E-state index in [-0.39, 0.29) is 29.2 Å². The minimum atomic E-state index is -3.17. The van der Waals surface area contributed by atoms with Gasteiger partial charge in [-0.15, -0.1) is 0 Å². The predicted molar refractivity (Wildman–Crippen MR) is 143 cm³/mol. The molecule has 2 aliphatic rings. The van der Waals surface area contributed by atoms with Crippen LogP contribution in [0.4, 0.5) is 10.5 Å². The molecular formula is C26H31N3O5S2. The standard InChI is InChI=1S/C26H31N3O5S2/c1-17-9-8-12-19(13-17)29-21-15-36(32,33)16-22(21)35-24(29)28-23(30)20(14-18-10-6-5-7-11-18)27-25(31)34-26(2,3)4/h5-13,20-22H,14-16H2,1-4H3,(H,27,31)/t20-,21+,22+/m0/s1. The van der Waals surface area contributed by atoms with Gasteiger partial charge in [-0.1, -0.05) is 54.2 Å². The molecule has 3 atom stereocenters. The number of carbonyl (C=O) groups excluding carboxylic acids is 2. The molecule has 2 saturated heterocycles. The normalized spacial score (nSPS) is 22.8. The van der Waals surface area contributed by atoms with Crippen molar-refractivity contribution in [1.29, 1.82) is 0 Å². The van der Waals surface area contributed by atoms with Gasteiger partial charge in [0.2, 0.25) is 0 Å². The maximum atomic E-state index is 13.5. The molecule has 36 heavy (non-hydrogen) atoms. The van der Waals surface area contributed by atoms with Crippen molar-refractivity contribution >= 4 is 44.5 Å². The highest BCUT2D eigenvalue weighted by molar-refractivity contribution is 8.16. The van der Waals surface area contributed by atoms with Crippen molar-refractivity contribution in [3.63, 3.8) is 0 Å². The summed E-state index contributed by atoms with van der Waals surface area (Å²) in [7, 11) is -3.17. The number of thioether (sulfide) groups is 1. The van der Waals surface area contributed by atoms with Crippen molar-refractivity contribution in [2.75, 3.05) is 16.4 Å². The van der Waals surface area contributed by atoms with Gasteiger partial charge in [-0.3, -0.25) is 4.79 Å². The Bertz CT molecular complexity index is 1270. The van der Waals surface area contributed by atoms with Crippen LogP contribution >= 0.6 is 11.8 Å². The number of aliphatic imine (C=N–C) groups is 1. The third-order valence-electron chi connectivity index (χ3n) is 5.82. The summed E-state index contributed by atoms with van der Waals surface area (Å²) in [5.74, 6) is -0.468. The first-order chi connectivity index (χ1) is 16.9. The third-order valence-corrected chi connectivity index (χ3v) is 9.03. The number of hydrogen-bond donors (Lipinski definition) is 1. The van der Waals surface area contributed by atoms with E-state index in [1.165, 1.54) is 11.8 Å². The molecule has 192 valence electrons. The molecule has 2 aliphatic heterocycles. The molecule has 1 N–H and O–H groups in total. The maximum Gasteiger partial charge on any atom is 0.408 e. The van der Waals surface area contributed by atoms with Crippen LogP contribution < -0.4 is 10.2 Å². The number of hydrogen-bond acceptors (Lipinski definition) is 6. The highest BCUT2D eigenvalue weighted by Crippen LogP contribution is 2.41. The van der Waals surface area contributed by atoms with Crippen molar-refractivity contribution in [3.05, 3.63) is 65.7 Å². The van der Waals surface area contributed by atoms with E-state index in [4.69, 9.17) is 4.74 Å². The lowest BCUT2D eigenvalue weighted by molar-refractivity contribution is -0.119. The number of anilines is 1. The van der Waals surface area contributed by atoms with Crippen LogP contribution in [0.3, 0.4) is 0 Å². The molecule has 10 heteroatoms. The zero-order valence-corrected chi connectivity index (χ0v) is 22.4. The van der Waals surface area contributed by atoms with Gasteiger partial charge in [0.1, 0.15) is 11.6 Å². The molecule has 2 aromatic carbocycles. The molecule has 0 radical (unpaired) electrons. The molecule has 0 aliphatic carbocycles. The summed E-state index contributed by atoms with van der Waals surface area (Å²) in [4.78, 5) is 32.3. The van der Waals surface area contributed by atoms with E-state index in [0.29, 0.717) is 5.17 Å². The van der Waals surface area contributed by atoms with Crippen molar-refractivity contribution in [1.82, 2.24) is 5.32 Å². The van der Waals surface area contributed by atoms with Gasteiger partial charge in [0.05, 0.1) is 17.5 Å². The molecule has 0 saturated carbocycles. The van der Waals surface area contributed by atoms with Crippen LogP contribution in [-0.4, -0.2) is 60.0 Å². The van der Waals surface area contributed by atoms with Gasteiger partial charge in [-0.05, 0) is 51.0 Å². The molecular weight excluding hydrogens is 498 g/mol. The summed E-state index contributed by atoms with van der Waals surface area (Å²) in [6.07, 6.45) is -0.457. The largest absolute Gasteiger partial charge is 0.444 e. The van der Waals surface area contributed by atoms with Crippen LogP contribution in [-0.2, 0) is 25.8 Å². The summed E-state index contributed by atoms with van der Waals surface area (Å²) in [6.45, 7) is 7.21. The second-order valence-electron chi connectivity index (χ2n) is 10.1. The molecule has 2 fully saturated rings. The van der Waals surface area contributed by atoms with E-state index < -0.39 is 33.5 Å². The average Bonchev–Trinajstić information content (AvgIpc) is 3.23. The zero-order valence-electron chi connectivity index (χ0n) is 20.8. The van der Waals surface area contributed by atoms with Crippen LogP contribution in [0.25, 0.3) is 0 Å². The van der Waals surface area contributed by atoms with E-state index in [1.807, 2.05) is 66.4 Å². The minimum Gasteiger partial charge on any atom is -0.444 e. The summed E-state index contributed by atoms with van der Waals surface area (Å²) >= 11 is 1.31. The lowest BCUT2D eigenvalue weighted by atomic mass is 10.1. The van der Waals surface area contributed by atoms with E-state index >= 15 is 0 Å². The van der Waals surface area contributed by atoms with Gasteiger partial charge in [-0.2, -0.15) is 4.99 Å². The molecule has 0 aromatic heterocycles. The fourth-order valence-corrected chi connectivity index (χ4v) is 8.24. The van der Waals surface area contributed by atoms with Gasteiger partial charge >= 0.3 is 6.09 Å². The number of benzene rings is 2. The zero-order chi connectivity index (χ0) is 26.1. The van der Waals surface area contributed by atoms with Crippen LogP contribution in [0.15, 0.2) is 59.6 Å². The number of alkyl carbamates (subject to hydrolysis) is 1. The van der Waals surface area contributed by atoms with Crippen molar-refractivity contribution < 1.29 is 22.7 Å². The van der Waals surface area contributed by atoms with E-state index in [0.717, 1.165) is 16.8 Å². The molecule has 2 aromatic rings. The van der Waals surface area contributed by atoms with Crippen LogP contribution in [0.2, 0.25) is 0 Å². The number of amidine groups is 1. The monoisotopic (exact) mass is 529 g/mol. The number of aryl methyl sites for hydroxylation is 1. The molecule has 0 unspecified atom stereocenters. The van der Waals surface area contributed by atoms with Gasteiger partial charge in [0.25, 0.3) is 5.91 Å². The quantitative estimate of drug-likeness (QED) is 0.629. The number of nitrogens with one attached hydrogen (secondary N) is 1. The minimum absolute atomic E-state index is 0.00935. The number of sulfone groups is 1. The molecule has 8 nitrogen and oxygen atoms in total. The number of ether oxygens (including phenoxy) is 1. The van der Waals surface area contributed by atoms with Crippen molar-refractivity contribution in [2.24, 2.45) is 4.99 Å². The first-order valence-corrected chi connectivity index (χ1v) is 14.5. The first-order valence-electron chi connectivity index (χ1n) is 11.8. The second-order valence-corrected chi connectivity index (χ2v) is 13.5. The molecule has 0 spiro atoms. The van der Waals surface area contributed by atoms with Gasteiger partial charge in [-0.25, -0.2) is 13.2 Å². The number of fused-ring (bicyclic) bond motifs is 1. The summed E-state index contributed by atoms with van der Waals surface area (Å²) < 4.78 is 30.1. The Balaban J connectivity index is 1.65. The van der Waals surface area contributed by atoms with E-state index in [9.17, 15) is 18.0 Å². The summed E-state index contributed by atoms with van der Waals surface area (Å²) in [5, 5.41) is 2.91. The Kier molecular flexibility index (Phi) is 7.47. The highest BCUT2D eigenvalue weighted by atomic mass is 32.2. The Hall–Kier alpha value is -2.85. The lowest BCUT2D eigenvalue weighted by Crippen LogP contribution is -2.45. The lowest BCUT2D eigenvalue weighted by Gasteiger charge is -2.25. The number of rotatable bonds is 5. The summed E-state index contributed by atoms with van der Waals surface area (Å²) in [6, 6.07) is 15.8. The number of nitrogens with zero attached hydrogens (tertiary/aromatic N) is 2.